The molecule has 0 amide bonds. The number of fused-ring (bicyclic) bond motifs is 1. The van der Waals surface area contributed by atoms with Crippen LogP contribution >= 0.6 is 11.6 Å². The molecular formula is C10H8ClNO5. The molecule has 0 saturated heterocycles. The number of benzene rings is 1. The molecule has 17 heavy (non-hydrogen) atoms. The largest absolute Gasteiger partial charge is 0.595 e. The van der Waals surface area contributed by atoms with Crippen LogP contribution < -0.4 is 10.9 Å². The molecule has 0 bridgehead atoms. The van der Waals surface area contributed by atoms with Crippen LogP contribution in [0.5, 0.6) is 5.75 Å². The van der Waals surface area contributed by atoms with E-state index in [1.165, 1.54) is 12.1 Å². The van der Waals surface area contributed by atoms with Gasteiger partial charge in [-0.25, -0.2) is 10.0 Å². The molecule has 1 unspecified atom stereocenters. The Hall–Kier alpha value is -1.60. The Balaban J connectivity index is 2.92. The number of aryl methyl sites for hydroxylation is 1. The highest BCUT2D eigenvalue weighted by atomic mass is 35.5. The Morgan fingerprint density at radius 2 is 2.12 bits per heavy atom. The Bertz CT molecular complexity index is 649. The van der Waals surface area contributed by atoms with E-state index in [1.807, 2.05) is 0 Å². The number of rotatable bonds is 1. The summed E-state index contributed by atoms with van der Waals surface area (Å²) in [4.78, 5) is 11.4. The average molecular weight is 258 g/mol. The second kappa shape index (κ2) is 4.01. The van der Waals surface area contributed by atoms with Crippen LogP contribution in [0, 0.1) is 12.1 Å². The second-order valence-electron chi connectivity index (χ2n) is 3.52. The fourth-order valence-electron chi connectivity index (χ4n) is 1.50. The molecule has 0 fully saturated rings. The van der Waals surface area contributed by atoms with Crippen LogP contribution in [0.25, 0.3) is 11.0 Å². The molecule has 0 radical (unpaired) electrons. The van der Waals surface area contributed by atoms with Crippen molar-refractivity contribution in [3.8, 4) is 5.75 Å². The first-order valence-corrected chi connectivity index (χ1v) is 4.99. The number of aromatic hydroxyl groups is 1. The summed E-state index contributed by atoms with van der Waals surface area (Å²) in [7, 11) is 0. The quantitative estimate of drug-likeness (QED) is 0.520. The molecule has 2 aromatic rings. The van der Waals surface area contributed by atoms with Crippen molar-refractivity contribution in [1.82, 2.24) is 0 Å². The first kappa shape index (κ1) is 11.9. The van der Waals surface area contributed by atoms with E-state index in [0.29, 0.717) is 10.6 Å². The van der Waals surface area contributed by atoms with E-state index >= 15 is 0 Å². The van der Waals surface area contributed by atoms with E-state index < -0.39 is 22.3 Å². The van der Waals surface area contributed by atoms with Gasteiger partial charge in [0.15, 0.2) is 5.75 Å². The van der Waals surface area contributed by atoms with E-state index in [-0.39, 0.29) is 11.0 Å². The van der Waals surface area contributed by atoms with Gasteiger partial charge in [0.2, 0.25) is 0 Å². The van der Waals surface area contributed by atoms with Gasteiger partial charge in [-0.15, -0.1) is 0 Å². The summed E-state index contributed by atoms with van der Waals surface area (Å²) < 4.78 is 4.82. The minimum absolute atomic E-state index is 0.0950. The van der Waals surface area contributed by atoms with Crippen molar-refractivity contribution in [2.75, 3.05) is 0 Å². The normalized spacial score (nSPS) is 12.9. The lowest BCUT2D eigenvalue weighted by Crippen LogP contribution is -3.00. The van der Waals surface area contributed by atoms with Crippen LogP contribution in [-0.4, -0.2) is 10.3 Å². The molecule has 0 spiro atoms. The van der Waals surface area contributed by atoms with Crippen LogP contribution in [0.4, 0.5) is 5.69 Å². The third-order valence-electron chi connectivity index (χ3n) is 2.37. The number of nitrogens with one attached hydrogen (secondary N) is 1. The number of hydrogen-bond donors (Lipinski definition) is 3. The van der Waals surface area contributed by atoms with Crippen LogP contribution in [0.1, 0.15) is 5.56 Å². The number of quaternary nitrogens is 1. The van der Waals surface area contributed by atoms with Crippen LogP contribution in [0.3, 0.4) is 0 Å². The maximum atomic E-state index is 11.4. The predicted molar refractivity (Wildman–Crippen MR) is 59.7 cm³/mol. The Labute approximate surface area is 99.8 Å². The van der Waals surface area contributed by atoms with Gasteiger partial charge in [0.25, 0.3) is 5.69 Å². The summed E-state index contributed by atoms with van der Waals surface area (Å²) in [5.74, 6) is -0.634. The van der Waals surface area contributed by atoms with Crippen molar-refractivity contribution in [2.45, 2.75) is 6.92 Å². The topological polar surface area (TPSA) is 98.2 Å². The van der Waals surface area contributed by atoms with Gasteiger partial charge in [0.1, 0.15) is 5.58 Å². The zero-order valence-corrected chi connectivity index (χ0v) is 9.41. The predicted octanol–water partition coefficient (Wildman–Crippen LogP) is 0.864. The van der Waals surface area contributed by atoms with E-state index in [1.54, 1.807) is 6.92 Å². The van der Waals surface area contributed by atoms with Crippen molar-refractivity contribution in [1.29, 1.82) is 0 Å². The molecule has 0 saturated carbocycles. The molecule has 1 atom stereocenters. The first-order valence-electron chi connectivity index (χ1n) is 4.61. The van der Waals surface area contributed by atoms with E-state index in [9.17, 15) is 15.1 Å². The Morgan fingerprint density at radius 1 is 1.47 bits per heavy atom. The molecule has 0 aliphatic heterocycles. The molecule has 1 aromatic carbocycles. The molecule has 1 heterocycles. The zero-order valence-electron chi connectivity index (χ0n) is 8.65. The zero-order chi connectivity index (χ0) is 12.7. The van der Waals surface area contributed by atoms with Gasteiger partial charge in [0, 0.05) is 5.02 Å². The van der Waals surface area contributed by atoms with E-state index in [0.717, 1.165) is 0 Å². The lowest BCUT2D eigenvalue weighted by Gasteiger charge is -2.12. The smallest absolute Gasteiger partial charge is 0.405 e. The summed E-state index contributed by atoms with van der Waals surface area (Å²) >= 11 is 5.85. The first-order chi connectivity index (χ1) is 7.91. The molecule has 2 rings (SSSR count). The van der Waals surface area contributed by atoms with Crippen molar-refractivity contribution in [3.63, 3.8) is 0 Å². The van der Waals surface area contributed by atoms with Crippen molar-refractivity contribution >= 4 is 28.3 Å². The molecular weight excluding hydrogens is 250 g/mol. The summed E-state index contributed by atoms with van der Waals surface area (Å²) in [6, 6.07) is 2.82. The highest BCUT2D eigenvalue weighted by molar-refractivity contribution is 6.32. The standard InChI is InChI=1S/C10H8ClNO5/c1-4-2-7-5(3-6(4)11)9(13)8(12(15)16)10(14)17-7/h2-3,12-13,15H,1H3. The molecule has 90 valence electrons. The van der Waals surface area contributed by atoms with Gasteiger partial charge in [-0.1, -0.05) is 11.6 Å². The molecule has 7 heteroatoms. The second-order valence-corrected chi connectivity index (χ2v) is 3.92. The van der Waals surface area contributed by atoms with E-state index in [2.05, 4.69) is 0 Å². The van der Waals surface area contributed by atoms with Crippen molar-refractivity contribution in [3.05, 3.63) is 38.3 Å². The summed E-state index contributed by atoms with van der Waals surface area (Å²) in [5.41, 5.74) is -1.13. The van der Waals surface area contributed by atoms with Gasteiger partial charge in [-0.05, 0) is 24.6 Å². The minimum atomic E-state index is -1.55. The Morgan fingerprint density at radius 3 is 2.71 bits per heavy atom. The van der Waals surface area contributed by atoms with Gasteiger partial charge < -0.3 is 14.7 Å². The SMILES string of the molecule is Cc1cc2oc(=O)c([NH+]([O-])O)c(O)c2cc1Cl. The molecule has 3 N–H and O–H groups in total. The van der Waals surface area contributed by atoms with Crippen molar-refractivity contribution < 1.29 is 20.0 Å². The number of hydrogen-bond acceptors (Lipinski definition) is 5. The highest BCUT2D eigenvalue weighted by Crippen LogP contribution is 2.31. The number of halogens is 1. The summed E-state index contributed by atoms with van der Waals surface area (Å²) in [6.07, 6.45) is 0. The van der Waals surface area contributed by atoms with Crippen LogP contribution in [-0.2, 0) is 0 Å². The maximum absolute atomic E-state index is 11.4. The lowest BCUT2D eigenvalue weighted by molar-refractivity contribution is -0.992. The Kier molecular flexibility index (Phi) is 2.80. The molecule has 1 aromatic heterocycles. The van der Waals surface area contributed by atoms with Crippen LogP contribution in [0.15, 0.2) is 21.3 Å². The summed E-state index contributed by atoms with van der Waals surface area (Å²) in [6.45, 7) is 1.70. The van der Waals surface area contributed by atoms with Crippen molar-refractivity contribution in [2.24, 2.45) is 0 Å². The summed E-state index contributed by atoms with van der Waals surface area (Å²) in [5, 5.41) is 28.2. The van der Waals surface area contributed by atoms with Gasteiger partial charge in [-0.2, -0.15) is 5.23 Å². The maximum Gasteiger partial charge on any atom is 0.405 e. The van der Waals surface area contributed by atoms with Crippen LogP contribution in [0.2, 0.25) is 5.02 Å². The fraction of sp³-hybridized carbons (Fsp3) is 0.100. The van der Waals surface area contributed by atoms with E-state index in [4.69, 9.17) is 21.2 Å². The van der Waals surface area contributed by atoms with Gasteiger partial charge in [0.05, 0.1) is 5.39 Å². The monoisotopic (exact) mass is 257 g/mol. The average Bonchev–Trinajstić information content (AvgIpc) is 2.21. The fourth-order valence-corrected chi connectivity index (χ4v) is 1.66. The lowest BCUT2D eigenvalue weighted by atomic mass is 10.1. The molecule has 0 aliphatic rings. The minimum Gasteiger partial charge on any atom is -0.595 e. The van der Waals surface area contributed by atoms with Gasteiger partial charge in [-0.3, -0.25) is 0 Å². The third kappa shape index (κ3) is 1.87. The highest BCUT2D eigenvalue weighted by Gasteiger charge is 2.20. The van der Waals surface area contributed by atoms with Gasteiger partial charge >= 0.3 is 5.63 Å². The molecule has 0 aliphatic carbocycles. The third-order valence-corrected chi connectivity index (χ3v) is 2.78. The molecule has 6 nitrogen and oxygen atoms in total.